The number of hydrogen-bond acceptors (Lipinski definition) is 3. The Morgan fingerprint density at radius 2 is 2.10 bits per heavy atom. The zero-order chi connectivity index (χ0) is 14.1. The molecular formula is C14H12FN3S2. The molecule has 1 aliphatic heterocycles. The minimum absolute atomic E-state index is 0.0646. The SMILES string of the molecule is NC(=S)N1N=C(c2cccs2)C[C@H]1c1ccc(F)cc1. The van der Waals surface area contributed by atoms with E-state index in [4.69, 9.17) is 18.0 Å². The molecule has 2 aromatic rings. The third kappa shape index (κ3) is 2.44. The number of rotatable bonds is 2. The van der Waals surface area contributed by atoms with Crippen molar-refractivity contribution in [2.24, 2.45) is 10.8 Å². The summed E-state index contributed by atoms with van der Waals surface area (Å²) in [7, 11) is 0. The minimum atomic E-state index is -0.256. The largest absolute Gasteiger partial charge is 0.375 e. The molecule has 0 fully saturated rings. The van der Waals surface area contributed by atoms with Gasteiger partial charge >= 0.3 is 0 Å². The molecule has 6 heteroatoms. The lowest BCUT2D eigenvalue weighted by Gasteiger charge is -2.21. The van der Waals surface area contributed by atoms with Crippen LogP contribution in [0, 0.1) is 5.82 Å². The van der Waals surface area contributed by atoms with Crippen molar-refractivity contribution in [3.63, 3.8) is 0 Å². The normalized spacial score (nSPS) is 18.1. The Kier molecular flexibility index (Phi) is 3.50. The predicted molar refractivity (Wildman–Crippen MR) is 83.2 cm³/mol. The van der Waals surface area contributed by atoms with Crippen molar-refractivity contribution in [3.05, 3.63) is 58.0 Å². The van der Waals surface area contributed by atoms with E-state index in [-0.39, 0.29) is 17.0 Å². The molecular weight excluding hydrogens is 293 g/mol. The van der Waals surface area contributed by atoms with Gasteiger partial charge in [0.05, 0.1) is 16.6 Å². The maximum atomic E-state index is 13.0. The molecule has 0 radical (unpaired) electrons. The van der Waals surface area contributed by atoms with Crippen LogP contribution in [-0.2, 0) is 0 Å². The third-order valence-electron chi connectivity index (χ3n) is 3.20. The Labute approximate surface area is 125 Å². The van der Waals surface area contributed by atoms with Crippen LogP contribution in [0.3, 0.4) is 0 Å². The van der Waals surface area contributed by atoms with Gasteiger partial charge in [-0.15, -0.1) is 11.3 Å². The van der Waals surface area contributed by atoms with Crippen molar-refractivity contribution in [2.45, 2.75) is 12.5 Å². The van der Waals surface area contributed by atoms with E-state index in [1.807, 2.05) is 17.5 Å². The number of nitrogens with two attached hydrogens (primary N) is 1. The second-order valence-corrected chi connectivity index (χ2v) is 5.84. The van der Waals surface area contributed by atoms with Crippen molar-refractivity contribution >= 4 is 34.4 Å². The minimum Gasteiger partial charge on any atom is -0.375 e. The van der Waals surface area contributed by atoms with Gasteiger partial charge < -0.3 is 5.73 Å². The third-order valence-corrected chi connectivity index (χ3v) is 4.30. The molecule has 0 aliphatic carbocycles. The number of hydrogen-bond donors (Lipinski definition) is 1. The topological polar surface area (TPSA) is 41.6 Å². The van der Waals surface area contributed by atoms with Gasteiger partial charge in [-0.3, -0.25) is 0 Å². The van der Waals surface area contributed by atoms with Gasteiger partial charge in [-0.2, -0.15) is 5.10 Å². The summed E-state index contributed by atoms with van der Waals surface area (Å²) in [5, 5.41) is 8.38. The molecule has 0 amide bonds. The highest BCUT2D eigenvalue weighted by molar-refractivity contribution is 7.80. The summed E-state index contributed by atoms with van der Waals surface area (Å²) in [4.78, 5) is 1.11. The smallest absolute Gasteiger partial charge is 0.187 e. The first-order valence-corrected chi connectivity index (χ1v) is 7.39. The molecule has 1 aliphatic rings. The zero-order valence-electron chi connectivity index (χ0n) is 10.5. The van der Waals surface area contributed by atoms with Crippen LogP contribution in [0.4, 0.5) is 4.39 Å². The van der Waals surface area contributed by atoms with E-state index in [0.29, 0.717) is 6.42 Å². The fourth-order valence-corrected chi connectivity index (χ4v) is 3.14. The molecule has 3 nitrogen and oxygen atoms in total. The van der Waals surface area contributed by atoms with Gasteiger partial charge in [0, 0.05) is 6.42 Å². The average molecular weight is 305 g/mol. The predicted octanol–water partition coefficient (Wildman–Crippen LogP) is 3.28. The first kappa shape index (κ1) is 13.2. The van der Waals surface area contributed by atoms with Crippen LogP contribution in [-0.4, -0.2) is 15.8 Å². The lowest BCUT2D eigenvalue weighted by Crippen LogP contribution is -2.31. The fraction of sp³-hybridized carbons (Fsp3) is 0.143. The van der Waals surface area contributed by atoms with E-state index in [1.54, 1.807) is 28.5 Å². The molecule has 2 N–H and O–H groups in total. The monoisotopic (exact) mass is 305 g/mol. The van der Waals surface area contributed by atoms with Gasteiger partial charge in [-0.05, 0) is 41.4 Å². The van der Waals surface area contributed by atoms with Gasteiger partial charge in [-0.25, -0.2) is 9.40 Å². The first-order valence-electron chi connectivity index (χ1n) is 6.10. The lowest BCUT2D eigenvalue weighted by molar-refractivity contribution is 0.372. The Morgan fingerprint density at radius 1 is 1.35 bits per heavy atom. The molecule has 0 bridgehead atoms. The van der Waals surface area contributed by atoms with Gasteiger partial charge in [0.15, 0.2) is 5.11 Å². The van der Waals surface area contributed by atoms with Crippen LogP contribution < -0.4 is 5.73 Å². The number of thiophene rings is 1. The number of thiocarbonyl (C=S) groups is 1. The maximum Gasteiger partial charge on any atom is 0.187 e. The lowest BCUT2D eigenvalue weighted by atomic mass is 10.0. The van der Waals surface area contributed by atoms with Gasteiger partial charge in [-0.1, -0.05) is 18.2 Å². The highest BCUT2D eigenvalue weighted by Gasteiger charge is 2.30. The number of nitrogens with zero attached hydrogens (tertiary/aromatic N) is 2. The summed E-state index contributed by atoms with van der Waals surface area (Å²) in [6.07, 6.45) is 0.712. The highest BCUT2D eigenvalue weighted by atomic mass is 32.1. The number of hydrazone groups is 1. The molecule has 1 aromatic carbocycles. The molecule has 0 unspecified atom stereocenters. The van der Waals surface area contributed by atoms with Crippen molar-refractivity contribution in [1.82, 2.24) is 5.01 Å². The Balaban J connectivity index is 1.93. The number of halogens is 1. The van der Waals surface area contributed by atoms with Crippen LogP contribution in [0.25, 0.3) is 0 Å². The summed E-state index contributed by atoms with van der Waals surface area (Å²) in [6.45, 7) is 0. The van der Waals surface area contributed by atoms with Crippen molar-refractivity contribution in [1.29, 1.82) is 0 Å². The van der Waals surface area contributed by atoms with E-state index in [1.165, 1.54) is 12.1 Å². The van der Waals surface area contributed by atoms with Gasteiger partial charge in [0.25, 0.3) is 0 Å². The molecule has 20 heavy (non-hydrogen) atoms. The Morgan fingerprint density at radius 3 is 2.70 bits per heavy atom. The molecule has 3 rings (SSSR count). The molecule has 0 saturated heterocycles. The summed E-state index contributed by atoms with van der Waals surface area (Å²) in [6, 6.07) is 10.3. The zero-order valence-corrected chi connectivity index (χ0v) is 12.1. The van der Waals surface area contributed by atoms with Crippen molar-refractivity contribution in [3.8, 4) is 0 Å². The quantitative estimate of drug-likeness (QED) is 0.866. The van der Waals surface area contributed by atoms with Crippen molar-refractivity contribution < 1.29 is 4.39 Å². The summed E-state index contributed by atoms with van der Waals surface area (Å²) < 4.78 is 13.0. The molecule has 102 valence electrons. The molecule has 2 heterocycles. The second-order valence-electron chi connectivity index (χ2n) is 4.48. The Hall–Kier alpha value is -1.79. The fourth-order valence-electron chi connectivity index (χ4n) is 2.25. The van der Waals surface area contributed by atoms with E-state index in [2.05, 4.69) is 5.10 Å². The average Bonchev–Trinajstić information content (AvgIpc) is 3.08. The Bertz CT molecular complexity index is 650. The van der Waals surface area contributed by atoms with E-state index < -0.39 is 0 Å². The van der Waals surface area contributed by atoms with E-state index in [0.717, 1.165) is 16.2 Å². The van der Waals surface area contributed by atoms with Crippen molar-refractivity contribution in [2.75, 3.05) is 0 Å². The molecule has 0 saturated carbocycles. The summed E-state index contributed by atoms with van der Waals surface area (Å²) in [5.74, 6) is -0.256. The molecule has 1 aromatic heterocycles. The van der Waals surface area contributed by atoms with Gasteiger partial charge in [0.2, 0.25) is 0 Å². The summed E-state index contributed by atoms with van der Waals surface area (Å²) >= 11 is 6.70. The van der Waals surface area contributed by atoms with Crippen LogP contribution in [0.15, 0.2) is 46.9 Å². The summed E-state index contributed by atoms with van der Waals surface area (Å²) in [5.41, 5.74) is 7.66. The van der Waals surface area contributed by atoms with Crippen LogP contribution in [0.2, 0.25) is 0 Å². The van der Waals surface area contributed by atoms with Crippen LogP contribution in [0.1, 0.15) is 22.9 Å². The standard InChI is InChI=1S/C14H12FN3S2/c15-10-5-3-9(4-6-10)12-8-11(13-2-1-7-20-13)17-18(12)14(16)19/h1-7,12H,8H2,(H2,16,19)/t12-/m0/s1. The van der Waals surface area contributed by atoms with E-state index in [9.17, 15) is 4.39 Å². The van der Waals surface area contributed by atoms with E-state index >= 15 is 0 Å². The highest BCUT2D eigenvalue weighted by Crippen LogP contribution is 2.33. The second kappa shape index (κ2) is 5.30. The molecule has 1 atom stereocenters. The van der Waals surface area contributed by atoms with Crippen LogP contribution in [0.5, 0.6) is 0 Å². The first-order chi connectivity index (χ1) is 9.65. The molecule has 0 spiro atoms. The van der Waals surface area contributed by atoms with Gasteiger partial charge in [0.1, 0.15) is 5.82 Å². The number of benzene rings is 1. The van der Waals surface area contributed by atoms with Crippen LogP contribution >= 0.6 is 23.6 Å². The maximum absolute atomic E-state index is 13.0.